The molecule has 1 heterocycles. The fourth-order valence-electron chi connectivity index (χ4n) is 2.04. The Labute approximate surface area is 100.0 Å². The lowest BCUT2D eigenvalue weighted by atomic mass is 10.1. The van der Waals surface area contributed by atoms with Crippen molar-refractivity contribution in [1.82, 2.24) is 9.97 Å². The largest absolute Gasteiger partial charge is 0.490 e. The van der Waals surface area contributed by atoms with Crippen LogP contribution in [0.25, 0.3) is 0 Å². The van der Waals surface area contributed by atoms with Gasteiger partial charge in [0, 0.05) is 5.75 Å². The first-order valence-electron chi connectivity index (χ1n) is 5.58. The number of rotatable bonds is 4. The minimum Gasteiger partial charge on any atom is -0.490 e. The van der Waals surface area contributed by atoms with Gasteiger partial charge in [0.25, 0.3) is 0 Å². The molecule has 2 rings (SSSR count). The summed E-state index contributed by atoms with van der Waals surface area (Å²) in [5.41, 5.74) is 5.73. The lowest BCUT2D eigenvalue weighted by molar-refractivity contribution is 0.401. The number of hydrogen-bond donors (Lipinski definition) is 1. The van der Waals surface area contributed by atoms with Gasteiger partial charge in [-0.2, -0.15) is 0 Å². The topological polar surface area (TPSA) is 61.0 Å². The second-order valence-electron chi connectivity index (χ2n) is 4.06. The Bertz CT molecular complexity index is 353. The Morgan fingerprint density at radius 1 is 1.44 bits per heavy atom. The van der Waals surface area contributed by atoms with Crippen molar-refractivity contribution in [3.63, 3.8) is 0 Å². The van der Waals surface area contributed by atoms with E-state index in [0.29, 0.717) is 11.6 Å². The molecule has 0 bridgehead atoms. The van der Waals surface area contributed by atoms with E-state index in [2.05, 4.69) is 9.97 Å². The summed E-state index contributed by atoms with van der Waals surface area (Å²) in [7, 11) is 1.61. The molecule has 4 nitrogen and oxygen atoms in total. The number of aromatic nitrogens is 2. The first-order valence-corrected chi connectivity index (χ1v) is 6.57. The summed E-state index contributed by atoms with van der Waals surface area (Å²) in [5, 5.41) is 0.863. The number of thioether (sulfide) groups is 1. The third-order valence-corrected chi connectivity index (χ3v) is 4.14. The summed E-state index contributed by atoms with van der Waals surface area (Å²) in [6, 6.07) is 0. The maximum absolute atomic E-state index is 5.73. The molecule has 5 heteroatoms. The van der Waals surface area contributed by atoms with Crippen molar-refractivity contribution in [3.05, 3.63) is 6.33 Å². The number of ether oxygens (including phenoxy) is 1. The van der Waals surface area contributed by atoms with E-state index in [4.69, 9.17) is 10.5 Å². The van der Waals surface area contributed by atoms with Gasteiger partial charge in [-0.1, -0.05) is 12.8 Å². The zero-order valence-corrected chi connectivity index (χ0v) is 10.3. The minimum absolute atomic E-state index is 0.423. The molecule has 16 heavy (non-hydrogen) atoms. The number of anilines is 1. The van der Waals surface area contributed by atoms with Gasteiger partial charge in [0.15, 0.2) is 11.6 Å². The fourth-order valence-corrected chi connectivity index (χ4v) is 3.21. The maximum atomic E-state index is 5.73. The Morgan fingerprint density at radius 3 is 2.88 bits per heavy atom. The molecule has 0 aromatic carbocycles. The number of nitrogens with zero attached hydrogens (tertiary/aromatic N) is 2. The minimum atomic E-state index is 0.423. The molecule has 1 aliphatic carbocycles. The highest BCUT2D eigenvalue weighted by Crippen LogP contribution is 2.35. The zero-order valence-electron chi connectivity index (χ0n) is 9.48. The molecule has 1 aliphatic rings. The molecular formula is C11H17N3OS. The Morgan fingerprint density at radius 2 is 2.19 bits per heavy atom. The third kappa shape index (κ3) is 2.58. The van der Waals surface area contributed by atoms with Gasteiger partial charge in [-0.05, 0) is 18.8 Å². The number of nitrogen functional groups attached to an aromatic ring is 1. The Balaban J connectivity index is 2.00. The van der Waals surface area contributed by atoms with Gasteiger partial charge in [-0.25, -0.2) is 9.97 Å². The van der Waals surface area contributed by atoms with Gasteiger partial charge < -0.3 is 10.5 Å². The molecule has 0 atom stereocenters. The highest BCUT2D eigenvalue weighted by Gasteiger charge is 2.17. The molecular weight excluding hydrogens is 222 g/mol. The second kappa shape index (κ2) is 5.39. The van der Waals surface area contributed by atoms with E-state index >= 15 is 0 Å². The quantitative estimate of drug-likeness (QED) is 0.645. The monoisotopic (exact) mass is 239 g/mol. The van der Waals surface area contributed by atoms with Crippen molar-refractivity contribution >= 4 is 17.6 Å². The molecule has 2 N–H and O–H groups in total. The van der Waals surface area contributed by atoms with E-state index < -0.39 is 0 Å². The van der Waals surface area contributed by atoms with Crippen LogP contribution in [0.4, 0.5) is 5.82 Å². The van der Waals surface area contributed by atoms with Crippen LogP contribution in [-0.2, 0) is 0 Å². The van der Waals surface area contributed by atoms with Crippen LogP contribution in [0, 0.1) is 5.92 Å². The molecule has 0 spiro atoms. The third-order valence-electron chi connectivity index (χ3n) is 2.93. The zero-order chi connectivity index (χ0) is 11.4. The van der Waals surface area contributed by atoms with Crippen molar-refractivity contribution < 1.29 is 4.74 Å². The van der Waals surface area contributed by atoms with E-state index in [-0.39, 0.29) is 0 Å². The molecule has 1 aromatic rings. The number of hydrogen-bond acceptors (Lipinski definition) is 5. The van der Waals surface area contributed by atoms with Crippen molar-refractivity contribution in [1.29, 1.82) is 0 Å². The summed E-state index contributed by atoms with van der Waals surface area (Å²) in [4.78, 5) is 8.14. The maximum Gasteiger partial charge on any atom is 0.193 e. The van der Waals surface area contributed by atoms with Crippen LogP contribution in [-0.4, -0.2) is 22.8 Å². The summed E-state index contributed by atoms with van der Waals surface area (Å²) >= 11 is 1.73. The van der Waals surface area contributed by atoms with E-state index in [1.54, 1.807) is 18.9 Å². The van der Waals surface area contributed by atoms with Crippen LogP contribution >= 0.6 is 11.8 Å². The molecule has 0 unspecified atom stereocenters. The van der Waals surface area contributed by atoms with Crippen molar-refractivity contribution in [3.8, 4) is 5.75 Å². The van der Waals surface area contributed by atoms with Crippen molar-refractivity contribution in [2.24, 2.45) is 5.92 Å². The number of methoxy groups -OCH3 is 1. The molecule has 0 amide bonds. The van der Waals surface area contributed by atoms with Gasteiger partial charge in [0.2, 0.25) is 0 Å². The summed E-state index contributed by atoms with van der Waals surface area (Å²) in [6.45, 7) is 0. The van der Waals surface area contributed by atoms with Gasteiger partial charge in [-0.15, -0.1) is 11.8 Å². The van der Waals surface area contributed by atoms with E-state index in [0.717, 1.165) is 16.7 Å². The smallest absolute Gasteiger partial charge is 0.193 e. The predicted molar refractivity (Wildman–Crippen MR) is 65.7 cm³/mol. The van der Waals surface area contributed by atoms with E-state index in [9.17, 15) is 0 Å². The average molecular weight is 239 g/mol. The molecule has 1 fully saturated rings. The molecule has 0 radical (unpaired) electrons. The van der Waals surface area contributed by atoms with Gasteiger partial charge in [0.05, 0.1) is 7.11 Å². The molecule has 0 saturated heterocycles. The van der Waals surface area contributed by atoms with Crippen LogP contribution in [0.3, 0.4) is 0 Å². The van der Waals surface area contributed by atoms with E-state index in [1.807, 2.05) is 0 Å². The van der Waals surface area contributed by atoms with Crippen LogP contribution in [0.15, 0.2) is 11.4 Å². The standard InChI is InChI=1S/C11H17N3OS/c1-15-9-10(12)13-7-14-11(9)16-6-8-4-2-3-5-8/h7-8H,2-6H2,1H3,(H2,12,13,14). The SMILES string of the molecule is COc1c(N)ncnc1SCC1CCCC1. The van der Waals surface area contributed by atoms with Crippen molar-refractivity contribution in [2.45, 2.75) is 30.7 Å². The fraction of sp³-hybridized carbons (Fsp3) is 0.636. The van der Waals surface area contributed by atoms with Crippen molar-refractivity contribution in [2.75, 3.05) is 18.6 Å². The summed E-state index contributed by atoms with van der Waals surface area (Å²) in [5.74, 6) is 2.97. The van der Waals surface area contributed by atoms with E-state index in [1.165, 1.54) is 32.0 Å². The summed E-state index contributed by atoms with van der Waals surface area (Å²) in [6.07, 6.45) is 6.92. The van der Waals surface area contributed by atoms with Crippen LogP contribution in [0.2, 0.25) is 0 Å². The second-order valence-corrected chi connectivity index (χ2v) is 5.07. The first kappa shape index (κ1) is 11.5. The lowest BCUT2D eigenvalue weighted by Gasteiger charge is -2.11. The molecule has 88 valence electrons. The molecule has 1 saturated carbocycles. The van der Waals surface area contributed by atoms with Gasteiger partial charge in [-0.3, -0.25) is 0 Å². The molecule has 0 aliphatic heterocycles. The van der Waals surface area contributed by atoms with Crippen LogP contribution in [0.1, 0.15) is 25.7 Å². The average Bonchev–Trinajstić information content (AvgIpc) is 2.79. The van der Waals surface area contributed by atoms with Crippen LogP contribution in [0.5, 0.6) is 5.75 Å². The number of nitrogens with two attached hydrogens (primary N) is 1. The summed E-state index contributed by atoms with van der Waals surface area (Å²) < 4.78 is 5.22. The normalized spacial score (nSPS) is 16.6. The van der Waals surface area contributed by atoms with Crippen LogP contribution < -0.4 is 10.5 Å². The lowest BCUT2D eigenvalue weighted by Crippen LogP contribution is -2.01. The Kier molecular flexibility index (Phi) is 3.88. The first-order chi connectivity index (χ1) is 7.81. The highest BCUT2D eigenvalue weighted by molar-refractivity contribution is 7.99. The Hall–Kier alpha value is -0.970. The predicted octanol–water partition coefficient (Wildman–Crippen LogP) is 2.35. The van der Waals surface area contributed by atoms with Gasteiger partial charge in [0.1, 0.15) is 11.4 Å². The van der Waals surface area contributed by atoms with Gasteiger partial charge >= 0.3 is 0 Å². The highest BCUT2D eigenvalue weighted by atomic mass is 32.2. The molecule has 1 aromatic heterocycles.